The fraction of sp³-hybridized carbons (Fsp3) is 0.0216. The first-order valence-electron chi connectivity index (χ1n) is 51.2. The van der Waals surface area contributed by atoms with Crippen molar-refractivity contribution in [2.24, 2.45) is 0 Å². The van der Waals surface area contributed by atoms with Crippen LogP contribution in [0.1, 0.15) is 0 Å². The molecule has 4 aromatic heterocycles. The summed E-state index contributed by atoms with van der Waals surface area (Å²) >= 11 is 0. The Labute approximate surface area is 872 Å². The van der Waals surface area contributed by atoms with E-state index in [1.165, 1.54) is 102 Å². The summed E-state index contributed by atoms with van der Waals surface area (Å²) in [7, 11) is -1.46. The summed E-state index contributed by atoms with van der Waals surface area (Å²) in [6.45, 7) is 7.21. The van der Waals surface area contributed by atoms with Crippen LogP contribution in [0.25, 0.3) is 141 Å². The van der Waals surface area contributed by atoms with Gasteiger partial charge in [0, 0.05) is 118 Å². The second kappa shape index (κ2) is 38.9. The number of hydrogen-bond acceptors (Lipinski definition) is 10. The summed E-state index contributed by atoms with van der Waals surface area (Å²) in [6.07, 6.45) is 3.83. The molecule has 0 aliphatic rings. The van der Waals surface area contributed by atoms with Gasteiger partial charge in [0.2, 0.25) is 0 Å². The Bertz CT molecular complexity index is 9650. The molecule has 710 valence electrons. The second-order valence-corrected chi connectivity index (χ2v) is 44.2. The summed E-state index contributed by atoms with van der Waals surface area (Å²) in [5.41, 5.74) is 22.8. The van der Waals surface area contributed by atoms with Gasteiger partial charge in [-0.3, -0.25) is 19.7 Å². The Morgan fingerprint density at radius 1 is 0.167 bits per heavy atom. The van der Waals surface area contributed by atoms with Crippen LogP contribution in [0.15, 0.2) is 552 Å². The molecular weight excluding hydrogens is 1840 g/mol. The average Bonchev–Trinajstić information content (AvgIpc) is 0.726. The molecule has 0 aliphatic carbocycles. The number of benzene rings is 24. The lowest BCUT2D eigenvalue weighted by atomic mass is 9.92. The molecule has 0 atom stereocenters. The number of aromatic nitrogens is 4. The van der Waals surface area contributed by atoms with E-state index >= 15 is 0 Å². The highest BCUT2D eigenvalue weighted by atomic mass is 28.3. The molecule has 0 bridgehead atoms. The highest BCUT2D eigenvalue weighted by Gasteiger charge is 2.30. The first-order valence-corrected chi connectivity index (χ1v) is 54.7. The standard InChI is InChI=1S/C49H38N4Si.2C45H31N3/c1-54(2,3)40-25-23-39(24-26-40)52(37-12-6-4-7-13-37)43-29-20-33-19-28-42-44(30-21-34-18-27-41(43)46(33)47(34)42)53(38-14-8-5-9-15-38)45-31-22-36-17-16-35-11-10-32-50-48(35)49(36)51-45;1-5-14-32(15-6-1)40-22-13-23-43(46-40)48(37-20-11-4-12-21-37)42-31-27-34-24-28-38-41(30-26-33-25-29-39(42)45(34)44(33)38)47(35-16-7-2-8-17-35)36-18-9-3-10-19-36;1-5-13-32(14-6-1)35-25-30-43(46-31-35)48(38-19-11-4-12-20-38)42-29-24-34-21-26-39-41(28-23-33-22-27-40(42)45(34)44(33)39)47(36-15-7-2-8-16-36)37-17-9-3-10-18-37/h4-32H,1-3H3;2*1-31H. The van der Waals surface area contributed by atoms with Gasteiger partial charge < -0.3 is 14.7 Å². The van der Waals surface area contributed by atoms with Gasteiger partial charge in [-0.15, -0.1) is 0 Å². The van der Waals surface area contributed by atoms with Crippen molar-refractivity contribution in [1.29, 1.82) is 0 Å². The SMILES string of the molecule is C[Si](C)(C)c1ccc(N(c2ccccc2)c2ccc3ccc4c(N(c5ccccc5)c5ccc6ccc7cccnc7c6n5)ccc5ccc2c3c54)cc1.c1ccc(-c2ccc(N(c3ccccc3)c3ccc4ccc5c(N(c6ccccc6)c6ccccc6)ccc6ccc3c4c65)nc2)cc1.c1ccc(-c2cccc(N(c3ccccc3)c3ccc4ccc5c(N(c6ccccc6)c6ccccc6)ccc6ccc3c4c65)n2)cc1. The Morgan fingerprint density at radius 2 is 0.433 bits per heavy atom. The quantitative estimate of drug-likeness (QED) is 0.0513. The van der Waals surface area contributed by atoms with Crippen LogP contribution in [-0.2, 0) is 0 Å². The van der Waals surface area contributed by atoms with E-state index in [1.54, 1.807) is 0 Å². The van der Waals surface area contributed by atoms with Crippen molar-refractivity contribution in [3.8, 4) is 22.4 Å². The van der Waals surface area contributed by atoms with Gasteiger partial charge in [0.15, 0.2) is 0 Å². The third kappa shape index (κ3) is 16.7. The van der Waals surface area contributed by atoms with Crippen molar-refractivity contribution in [2.75, 3.05) is 29.4 Å². The molecule has 28 rings (SSSR count). The zero-order chi connectivity index (χ0) is 100. The Kier molecular flexibility index (Phi) is 23.5. The molecule has 0 spiro atoms. The van der Waals surface area contributed by atoms with Crippen LogP contribution in [0.5, 0.6) is 0 Å². The minimum atomic E-state index is -1.46. The molecule has 0 saturated carbocycles. The van der Waals surface area contributed by atoms with Gasteiger partial charge in [-0.2, -0.15) is 0 Å². The maximum atomic E-state index is 5.35. The largest absolute Gasteiger partial charge is 0.310 e. The molecule has 150 heavy (non-hydrogen) atoms. The summed E-state index contributed by atoms with van der Waals surface area (Å²) in [5, 5.41) is 25.7. The van der Waals surface area contributed by atoms with E-state index in [0.29, 0.717) is 0 Å². The van der Waals surface area contributed by atoms with Gasteiger partial charge >= 0.3 is 0 Å². The molecule has 0 fully saturated rings. The van der Waals surface area contributed by atoms with Crippen molar-refractivity contribution in [2.45, 2.75) is 19.6 Å². The summed E-state index contributed by atoms with van der Waals surface area (Å²) < 4.78 is 0. The summed E-state index contributed by atoms with van der Waals surface area (Å²) in [6, 6.07) is 193. The smallest absolute Gasteiger partial charge is 0.138 e. The topological polar surface area (TPSA) is 71.0 Å². The van der Waals surface area contributed by atoms with Crippen molar-refractivity contribution in [1.82, 2.24) is 19.9 Å². The average molecular weight is 1940 g/mol. The van der Waals surface area contributed by atoms with Crippen LogP contribution in [-0.4, -0.2) is 28.0 Å². The number of pyridine rings is 4. The lowest BCUT2D eigenvalue weighted by molar-refractivity contribution is 1.19. The highest BCUT2D eigenvalue weighted by Crippen LogP contribution is 2.54. The lowest BCUT2D eigenvalue weighted by Crippen LogP contribution is -2.37. The van der Waals surface area contributed by atoms with Gasteiger partial charge in [0.25, 0.3) is 0 Å². The number of rotatable bonds is 21. The first-order chi connectivity index (χ1) is 74.1. The van der Waals surface area contributed by atoms with Crippen LogP contribution < -0.4 is 34.6 Å². The molecule has 10 nitrogen and oxygen atoms in total. The van der Waals surface area contributed by atoms with E-state index in [2.05, 4.69) is 571 Å². The summed E-state index contributed by atoms with van der Waals surface area (Å²) in [5.74, 6) is 2.59. The molecule has 0 N–H and O–H groups in total. The Balaban J connectivity index is 0.000000114. The number of nitrogens with zero attached hydrogens (tertiary/aromatic N) is 10. The number of anilines is 18. The highest BCUT2D eigenvalue weighted by molar-refractivity contribution is 6.88. The van der Waals surface area contributed by atoms with E-state index < -0.39 is 8.07 Å². The molecule has 24 aromatic carbocycles. The second-order valence-electron chi connectivity index (χ2n) is 39.2. The molecule has 0 unspecified atom stereocenters. The van der Waals surface area contributed by atoms with Crippen molar-refractivity contribution in [3.63, 3.8) is 0 Å². The van der Waals surface area contributed by atoms with E-state index in [0.717, 1.165) is 147 Å². The minimum Gasteiger partial charge on any atom is -0.310 e. The van der Waals surface area contributed by atoms with Crippen LogP contribution in [0.2, 0.25) is 19.6 Å². The van der Waals surface area contributed by atoms with Crippen LogP contribution in [0.4, 0.5) is 103 Å². The van der Waals surface area contributed by atoms with E-state index in [9.17, 15) is 0 Å². The van der Waals surface area contributed by atoms with Gasteiger partial charge in [0.1, 0.15) is 17.5 Å². The van der Waals surface area contributed by atoms with Crippen LogP contribution in [0.3, 0.4) is 0 Å². The number of para-hydroxylation sites is 8. The van der Waals surface area contributed by atoms with Gasteiger partial charge in [-0.05, 0) is 258 Å². The minimum absolute atomic E-state index is 0.847. The van der Waals surface area contributed by atoms with Gasteiger partial charge in [0.05, 0.1) is 58.9 Å². The molecule has 0 aliphatic heterocycles. The monoisotopic (exact) mass is 1940 g/mol. The van der Waals surface area contributed by atoms with E-state index in [1.807, 2.05) is 30.6 Å². The van der Waals surface area contributed by atoms with E-state index in [4.69, 9.17) is 19.9 Å². The van der Waals surface area contributed by atoms with Crippen LogP contribution >= 0.6 is 0 Å². The third-order valence-corrected chi connectivity index (χ3v) is 31.2. The maximum Gasteiger partial charge on any atom is 0.138 e. The zero-order valence-corrected chi connectivity index (χ0v) is 84.0. The molecule has 4 heterocycles. The molecule has 0 radical (unpaired) electrons. The Hall–Kier alpha value is -19.5. The Morgan fingerprint density at radius 3 is 0.760 bits per heavy atom. The lowest BCUT2D eigenvalue weighted by Gasteiger charge is -2.29. The normalized spacial score (nSPS) is 11.6. The third-order valence-electron chi connectivity index (χ3n) is 29.2. The van der Waals surface area contributed by atoms with Crippen LogP contribution in [0, 0.1) is 0 Å². The van der Waals surface area contributed by atoms with Crippen molar-refractivity contribution < 1.29 is 0 Å². The summed E-state index contributed by atoms with van der Waals surface area (Å²) in [4.78, 5) is 34.4. The first kappa shape index (κ1) is 90.5. The maximum absolute atomic E-state index is 5.35. The molecule has 28 aromatic rings. The predicted molar refractivity (Wildman–Crippen MR) is 639 cm³/mol. The van der Waals surface area contributed by atoms with Crippen molar-refractivity contribution >= 4 is 235 Å². The number of hydrogen-bond donors (Lipinski definition) is 0. The molecule has 0 amide bonds. The van der Waals surface area contributed by atoms with E-state index in [-0.39, 0.29) is 0 Å². The molecule has 11 heteroatoms. The fourth-order valence-corrected chi connectivity index (χ4v) is 23.3. The molecule has 0 saturated heterocycles. The predicted octanol–water partition coefficient (Wildman–Crippen LogP) is 38.3. The molecular formula is C139H100N10Si. The van der Waals surface area contributed by atoms with Crippen molar-refractivity contribution in [3.05, 3.63) is 552 Å². The van der Waals surface area contributed by atoms with Gasteiger partial charge in [-0.25, -0.2) is 15.0 Å². The zero-order valence-electron chi connectivity index (χ0n) is 83.0. The number of fused-ring (bicyclic) bond motifs is 3. The van der Waals surface area contributed by atoms with Gasteiger partial charge in [-0.1, -0.05) is 377 Å². The fourth-order valence-electron chi connectivity index (χ4n) is 22.1.